The molecule has 1 fully saturated rings. The van der Waals surface area contributed by atoms with Crippen LogP contribution < -0.4 is 4.90 Å². The van der Waals surface area contributed by atoms with Crippen molar-refractivity contribution in [3.8, 4) is 11.1 Å². The molecule has 30 heavy (non-hydrogen) atoms. The number of carbonyl (C=O) groups excluding carboxylic acids is 1. The predicted octanol–water partition coefficient (Wildman–Crippen LogP) is 4.45. The van der Waals surface area contributed by atoms with Crippen LogP contribution in [0.15, 0.2) is 34.9 Å². The van der Waals surface area contributed by atoms with E-state index < -0.39 is 0 Å². The van der Waals surface area contributed by atoms with Crippen LogP contribution in [0.2, 0.25) is 5.02 Å². The topological polar surface area (TPSA) is 75.4 Å². The monoisotopic (exact) mass is 425 g/mol. The molecule has 8 heteroatoms. The molecule has 1 atom stereocenters. The van der Waals surface area contributed by atoms with Gasteiger partial charge in [-0.3, -0.25) is 4.79 Å². The number of halogens is 1. The van der Waals surface area contributed by atoms with Crippen molar-refractivity contribution in [2.45, 2.75) is 32.7 Å². The Morgan fingerprint density at radius 1 is 1.20 bits per heavy atom. The van der Waals surface area contributed by atoms with Crippen molar-refractivity contribution in [3.63, 3.8) is 0 Å². The number of amides is 1. The lowest BCUT2D eigenvalue weighted by Gasteiger charge is -2.26. The van der Waals surface area contributed by atoms with Crippen LogP contribution in [-0.2, 0) is 0 Å². The highest BCUT2D eigenvalue weighted by atomic mass is 35.5. The van der Waals surface area contributed by atoms with Crippen LogP contribution >= 0.6 is 11.6 Å². The first kappa shape index (κ1) is 20.3. The summed E-state index contributed by atoms with van der Waals surface area (Å²) < 4.78 is 5.60. The molecule has 0 saturated carbocycles. The van der Waals surface area contributed by atoms with Gasteiger partial charge in [0.1, 0.15) is 0 Å². The summed E-state index contributed by atoms with van der Waals surface area (Å²) >= 11 is 6.08. The van der Waals surface area contributed by atoms with Crippen LogP contribution in [0.25, 0.3) is 11.1 Å². The molecular formula is C22H24ClN5O2. The standard InChI is InChI=1S/C22H24ClN5O2/c1-13-20(30-14(2)25-13)21(29)28-11-5-6-18(28)19-17(12-24-22(26-19)27(3)4)15-7-9-16(23)10-8-15/h7-10,12,18H,5-6,11H2,1-4H3/t18-/m1/s1. The molecule has 0 bridgehead atoms. The van der Waals surface area contributed by atoms with E-state index in [2.05, 4.69) is 9.97 Å². The van der Waals surface area contributed by atoms with Crippen molar-refractivity contribution in [1.82, 2.24) is 19.9 Å². The Hall–Kier alpha value is -2.93. The second-order valence-corrected chi connectivity index (χ2v) is 8.11. The molecule has 0 aliphatic carbocycles. The minimum absolute atomic E-state index is 0.150. The van der Waals surface area contributed by atoms with E-state index >= 15 is 0 Å². The van der Waals surface area contributed by atoms with Gasteiger partial charge in [-0.1, -0.05) is 23.7 Å². The number of likely N-dealkylation sites (tertiary alicyclic amines) is 1. The summed E-state index contributed by atoms with van der Waals surface area (Å²) in [5.74, 6) is 1.25. The first-order chi connectivity index (χ1) is 14.3. The maximum absolute atomic E-state index is 13.3. The molecule has 3 heterocycles. The SMILES string of the molecule is Cc1nc(C)c(C(=O)N2CCC[C@@H]2c2nc(N(C)C)ncc2-c2ccc(Cl)cc2)o1. The fourth-order valence-electron chi connectivity index (χ4n) is 3.86. The highest BCUT2D eigenvalue weighted by Crippen LogP contribution is 2.38. The number of rotatable bonds is 4. The van der Waals surface area contributed by atoms with Crippen LogP contribution in [0, 0.1) is 13.8 Å². The minimum atomic E-state index is -0.172. The molecular weight excluding hydrogens is 402 g/mol. The minimum Gasteiger partial charge on any atom is -0.436 e. The Morgan fingerprint density at radius 3 is 2.57 bits per heavy atom. The zero-order valence-corrected chi connectivity index (χ0v) is 18.3. The van der Waals surface area contributed by atoms with Gasteiger partial charge in [0.05, 0.1) is 17.4 Å². The first-order valence-corrected chi connectivity index (χ1v) is 10.3. The van der Waals surface area contributed by atoms with Gasteiger partial charge in [0.15, 0.2) is 5.89 Å². The average Bonchev–Trinajstić information content (AvgIpc) is 3.34. The van der Waals surface area contributed by atoms with E-state index in [1.54, 1.807) is 13.8 Å². The molecule has 7 nitrogen and oxygen atoms in total. The Bertz CT molecular complexity index is 1080. The van der Waals surface area contributed by atoms with Gasteiger partial charge in [-0.05, 0) is 37.5 Å². The number of aromatic nitrogens is 3. The Morgan fingerprint density at radius 2 is 1.93 bits per heavy atom. The number of benzene rings is 1. The Labute approximate surface area is 180 Å². The molecule has 1 aliphatic heterocycles. The zero-order chi connectivity index (χ0) is 21.4. The smallest absolute Gasteiger partial charge is 0.292 e. The van der Waals surface area contributed by atoms with E-state index in [9.17, 15) is 4.79 Å². The van der Waals surface area contributed by atoms with Gasteiger partial charge >= 0.3 is 0 Å². The van der Waals surface area contributed by atoms with Crippen molar-refractivity contribution in [3.05, 3.63) is 58.5 Å². The third kappa shape index (κ3) is 3.77. The van der Waals surface area contributed by atoms with E-state index in [4.69, 9.17) is 21.0 Å². The second kappa shape index (κ2) is 8.07. The van der Waals surface area contributed by atoms with Crippen molar-refractivity contribution in [2.75, 3.05) is 25.5 Å². The summed E-state index contributed by atoms with van der Waals surface area (Å²) in [5, 5.41) is 0.667. The number of aryl methyl sites for hydroxylation is 2. The molecule has 0 N–H and O–H groups in total. The fraction of sp³-hybridized carbons (Fsp3) is 0.364. The van der Waals surface area contributed by atoms with Crippen molar-refractivity contribution >= 4 is 23.5 Å². The number of carbonyl (C=O) groups is 1. The quantitative estimate of drug-likeness (QED) is 0.614. The van der Waals surface area contributed by atoms with Crippen LogP contribution in [0.4, 0.5) is 5.95 Å². The second-order valence-electron chi connectivity index (χ2n) is 7.67. The van der Waals surface area contributed by atoms with Crippen molar-refractivity contribution < 1.29 is 9.21 Å². The Kier molecular flexibility index (Phi) is 5.47. The van der Waals surface area contributed by atoms with Crippen molar-refractivity contribution in [2.24, 2.45) is 0 Å². The van der Waals surface area contributed by atoms with E-state index in [1.165, 1.54) is 0 Å². The molecule has 4 rings (SSSR count). The van der Waals surface area contributed by atoms with Crippen LogP contribution in [0.5, 0.6) is 0 Å². The molecule has 156 valence electrons. The number of oxazole rings is 1. The van der Waals surface area contributed by atoms with Gasteiger partial charge in [-0.15, -0.1) is 0 Å². The fourth-order valence-corrected chi connectivity index (χ4v) is 3.99. The van der Waals surface area contributed by atoms with Gasteiger partial charge in [0, 0.05) is 44.3 Å². The van der Waals surface area contributed by atoms with Gasteiger partial charge in [0.25, 0.3) is 5.91 Å². The summed E-state index contributed by atoms with van der Waals surface area (Å²) in [6, 6.07) is 7.42. The summed E-state index contributed by atoms with van der Waals surface area (Å²) in [6.45, 7) is 4.19. The predicted molar refractivity (Wildman–Crippen MR) is 116 cm³/mol. The van der Waals surface area contributed by atoms with E-state index in [0.717, 1.165) is 29.7 Å². The average molecular weight is 426 g/mol. The van der Waals surface area contributed by atoms with Crippen LogP contribution in [-0.4, -0.2) is 46.4 Å². The van der Waals surface area contributed by atoms with Gasteiger partial charge < -0.3 is 14.2 Å². The molecule has 1 aromatic carbocycles. The van der Waals surface area contributed by atoms with Gasteiger partial charge in [0.2, 0.25) is 11.7 Å². The number of hydrogen-bond donors (Lipinski definition) is 0. The lowest BCUT2D eigenvalue weighted by atomic mass is 9.99. The van der Waals surface area contributed by atoms with Crippen LogP contribution in [0.1, 0.15) is 46.7 Å². The van der Waals surface area contributed by atoms with E-state index in [-0.39, 0.29) is 11.9 Å². The van der Waals surface area contributed by atoms with Gasteiger partial charge in [-0.2, -0.15) is 0 Å². The summed E-state index contributed by atoms with van der Waals surface area (Å²) in [7, 11) is 3.80. The van der Waals surface area contributed by atoms with Crippen molar-refractivity contribution in [1.29, 1.82) is 0 Å². The van der Waals surface area contributed by atoms with Crippen LogP contribution in [0.3, 0.4) is 0 Å². The molecule has 1 aliphatic rings. The normalized spacial score (nSPS) is 16.2. The summed E-state index contributed by atoms with van der Waals surface area (Å²) in [5.41, 5.74) is 3.30. The molecule has 1 saturated heterocycles. The number of hydrogen-bond acceptors (Lipinski definition) is 6. The van der Waals surface area contributed by atoms with Gasteiger partial charge in [-0.25, -0.2) is 15.0 Å². The lowest BCUT2D eigenvalue weighted by Crippen LogP contribution is -2.32. The molecule has 0 unspecified atom stereocenters. The number of nitrogens with zero attached hydrogens (tertiary/aromatic N) is 5. The third-order valence-corrected chi connectivity index (χ3v) is 5.54. The number of anilines is 1. The highest BCUT2D eigenvalue weighted by molar-refractivity contribution is 6.30. The molecule has 0 radical (unpaired) electrons. The largest absolute Gasteiger partial charge is 0.436 e. The zero-order valence-electron chi connectivity index (χ0n) is 17.5. The lowest BCUT2D eigenvalue weighted by molar-refractivity contribution is 0.0698. The van der Waals surface area contributed by atoms with E-state index in [0.29, 0.717) is 34.9 Å². The maximum Gasteiger partial charge on any atom is 0.292 e. The molecule has 3 aromatic rings. The maximum atomic E-state index is 13.3. The summed E-state index contributed by atoms with van der Waals surface area (Å²) in [6.07, 6.45) is 3.54. The molecule has 1 amide bonds. The highest BCUT2D eigenvalue weighted by Gasteiger charge is 2.36. The molecule has 2 aromatic heterocycles. The first-order valence-electron chi connectivity index (χ1n) is 9.90. The molecule has 0 spiro atoms. The summed E-state index contributed by atoms with van der Waals surface area (Å²) in [4.78, 5) is 30.6. The van der Waals surface area contributed by atoms with E-state index in [1.807, 2.05) is 54.4 Å². The third-order valence-electron chi connectivity index (χ3n) is 5.29. The Balaban J connectivity index is 1.78.